The lowest BCUT2D eigenvalue weighted by atomic mass is 10.1. The van der Waals surface area contributed by atoms with Crippen molar-refractivity contribution in [1.82, 2.24) is 14.4 Å². The van der Waals surface area contributed by atoms with Gasteiger partial charge < -0.3 is 5.73 Å². The Morgan fingerprint density at radius 2 is 1.82 bits per heavy atom. The normalized spacial score (nSPS) is 11.3. The van der Waals surface area contributed by atoms with Crippen molar-refractivity contribution in [2.75, 3.05) is 5.73 Å². The number of para-hydroxylation sites is 1. The summed E-state index contributed by atoms with van der Waals surface area (Å²) in [5, 5.41) is 0.661. The van der Waals surface area contributed by atoms with Crippen LogP contribution in [0.2, 0.25) is 0 Å². The highest BCUT2D eigenvalue weighted by Gasteiger charge is 2.12. The number of benzene rings is 2. The van der Waals surface area contributed by atoms with Crippen LogP contribution < -0.4 is 5.73 Å². The lowest BCUT2D eigenvalue weighted by Crippen LogP contribution is -2.01. The molecule has 2 N–H and O–H groups in total. The molecule has 5 heteroatoms. The first-order valence-corrected chi connectivity index (χ1v) is 6.98. The first-order chi connectivity index (χ1) is 10.7. The number of fused-ring (bicyclic) bond motifs is 3. The van der Waals surface area contributed by atoms with E-state index in [0.29, 0.717) is 17.5 Å². The summed E-state index contributed by atoms with van der Waals surface area (Å²) in [7, 11) is 0. The summed E-state index contributed by atoms with van der Waals surface area (Å²) >= 11 is 0. The van der Waals surface area contributed by atoms with E-state index in [0.717, 1.165) is 11.3 Å². The number of nitrogens with zero attached hydrogens (tertiary/aromatic N) is 3. The van der Waals surface area contributed by atoms with Crippen molar-refractivity contribution in [1.29, 1.82) is 0 Å². The van der Waals surface area contributed by atoms with E-state index in [1.54, 1.807) is 16.5 Å². The van der Waals surface area contributed by atoms with Gasteiger partial charge in [0.05, 0.1) is 5.69 Å². The molecule has 0 unspecified atom stereocenters. The second-order valence-electron chi connectivity index (χ2n) is 5.19. The predicted octanol–water partition coefficient (Wildman–Crippen LogP) is 3.19. The van der Waals surface area contributed by atoms with Crippen molar-refractivity contribution in [2.45, 2.75) is 6.42 Å². The molecule has 2 aromatic carbocycles. The SMILES string of the molecule is Nc1nc2c(F)cccc2c2nc(Cc3ccccc3)cn12. The van der Waals surface area contributed by atoms with Gasteiger partial charge in [0.2, 0.25) is 5.95 Å². The van der Waals surface area contributed by atoms with Crippen molar-refractivity contribution in [2.24, 2.45) is 0 Å². The van der Waals surface area contributed by atoms with Crippen molar-refractivity contribution in [3.8, 4) is 0 Å². The fraction of sp³-hybridized carbons (Fsp3) is 0.0588. The zero-order valence-corrected chi connectivity index (χ0v) is 11.7. The van der Waals surface area contributed by atoms with Crippen molar-refractivity contribution < 1.29 is 4.39 Å². The van der Waals surface area contributed by atoms with Gasteiger partial charge in [-0.25, -0.2) is 14.4 Å². The first kappa shape index (κ1) is 12.8. The van der Waals surface area contributed by atoms with Crippen LogP contribution in [0.3, 0.4) is 0 Å². The van der Waals surface area contributed by atoms with E-state index in [-0.39, 0.29) is 17.3 Å². The second kappa shape index (κ2) is 4.80. The molecule has 2 heterocycles. The molecule has 0 amide bonds. The minimum absolute atomic E-state index is 0.236. The van der Waals surface area contributed by atoms with Gasteiger partial charge in [0.15, 0.2) is 0 Å². The summed E-state index contributed by atoms with van der Waals surface area (Å²) in [6, 6.07) is 14.9. The quantitative estimate of drug-likeness (QED) is 0.617. The number of imidazole rings is 1. The Hall–Kier alpha value is -2.95. The molecule has 0 saturated heterocycles. The van der Waals surface area contributed by atoms with E-state index >= 15 is 0 Å². The molecule has 0 aliphatic carbocycles. The fourth-order valence-corrected chi connectivity index (χ4v) is 2.66. The highest BCUT2D eigenvalue weighted by atomic mass is 19.1. The molecule has 4 nitrogen and oxygen atoms in total. The van der Waals surface area contributed by atoms with E-state index < -0.39 is 0 Å². The number of rotatable bonds is 2. The van der Waals surface area contributed by atoms with Crippen LogP contribution >= 0.6 is 0 Å². The summed E-state index contributed by atoms with van der Waals surface area (Å²) in [6.07, 6.45) is 2.55. The maximum absolute atomic E-state index is 13.9. The van der Waals surface area contributed by atoms with Gasteiger partial charge in [-0.2, -0.15) is 0 Å². The molecule has 0 spiro atoms. The van der Waals surface area contributed by atoms with Crippen molar-refractivity contribution >= 4 is 22.5 Å². The number of hydrogen-bond donors (Lipinski definition) is 1. The fourth-order valence-electron chi connectivity index (χ4n) is 2.66. The molecular formula is C17H13FN4. The maximum Gasteiger partial charge on any atom is 0.206 e. The minimum Gasteiger partial charge on any atom is -0.369 e. The average Bonchev–Trinajstić information content (AvgIpc) is 2.94. The van der Waals surface area contributed by atoms with E-state index in [1.165, 1.54) is 6.07 Å². The molecule has 0 bridgehead atoms. The van der Waals surface area contributed by atoms with Crippen LogP contribution in [0.1, 0.15) is 11.3 Å². The smallest absolute Gasteiger partial charge is 0.206 e. The average molecular weight is 292 g/mol. The Balaban J connectivity index is 1.92. The highest BCUT2D eigenvalue weighted by molar-refractivity contribution is 5.92. The van der Waals surface area contributed by atoms with Crippen LogP contribution in [0.4, 0.5) is 10.3 Å². The van der Waals surface area contributed by atoms with E-state index in [2.05, 4.69) is 9.97 Å². The summed E-state index contributed by atoms with van der Waals surface area (Å²) in [5.74, 6) is -0.154. The van der Waals surface area contributed by atoms with Gasteiger partial charge in [-0.15, -0.1) is 0 Å². The molecule has 4 aromatic rings. The predicted molar refractivity (Wildman–Crippen MR) is 84.1 cm³/mol. The van der Waals surface area contributed by atoms with Gasteiger partial charge in [-0.1, -0.05) is 36.4 Å². The number of nitrogens with two attached hydrogens (primary N) is 1. The topological polar surface area (TPSA) is 56.2 Å². The molecule has 2 aromatic heterocycles. The molecule has 0 fully saturated rings. The number of halogens is 1. The maximum atomic E-state index is 13.9. The van der Waals surface area contributed by atoms with Gasteiger partial charge in [0, 0.05) is 18.0 Å². The third-order valence-corrected chi connectivity index (χ3v) is 3.68. The molecule has 4 rings (SSSR count). The van der Waals surface area contributed by atoms with Crippen LogP contribution in [-0.2, 0) is 6.42 Å². The molecule has 108 valence electrons. The molecule has 0 radical (unpaired) electrons. The summed E-state index contributed by atoms with van der Waals surface area (Å²) < 4.78 is 15.6. The zero-order chi connectivity index (χ0) is 15.1. The monoisotopic (exact) mass is 292 g/mol. The Morgan fingerprint density at radius 1 is 1.00 bits per heavy atom. The van der Waals surface area contributed by atoms with Crippen LogP contribution in [0.15, 0.2) is 54.7 Å². The lowest BCUT2D eigenvalue weighted by molar-refractivity contribution is 0.636. The van der Waals surface area contributed by atoms with E-state index in [1.807, 2.05) is 36.5 Å². The van der Waals surface area contributed by atoms with E-state index in [4.69, 9.17) is 5.73 Å². The minimum atomic E-state index is -0.390. The molecule has 22 heavy (non-hydrogen) atoms. The second-order valence-corrected chi connectivity index (χ2v) is 5.19. The Kier molecular flexibility index (Phi) is 2.79. The highest BCUT2D eigenvalue weighted by Crippen LogP contribution is 2.23. The van der Waals surface area contributed by atoms with Gasteiger partial charge in [0.1, 0.15) is 17.0 Å². The zero-order valence-electron chi connectivity index (χ0n) is 11.7. The van der Waals surface area contributed by atoms with Crippen molar-refractivity contribution in [3.05, 3.63) is 71.8 Å². The third kappa shape index (κ3) is 1.98. The van der Waals surface area contributed by atoms with E-state index in [9.17, 15) is 4.39 Å². The van der Waals surface area contributed by atoms with Gasteiger partial charge in [-0.3, -0.25) is 4.40 Å². The van der Waals surface area contributed by atoms with Crippen molar-refractivity contribution in [3.63, 3.8) is 0 Å². The van der Waals surface area contributed by atoms with Crippen LogP contribution in [-0.4, -0.2) is 14.4 Å². The standard InChI is InChI=1S/C17H13FN4/c18-14-8-4-7-13-15(14)21-17(19)22-10-12(20-16(13)22)9-11-5-2-1-3-6-11/h1-8,10H,9H2,(H2,19,21). The Morgan fingerprint density at radius 3 is 2.64 bits per heavy atom. The third-order valence-electron chi connectivity index (χ3n) is 3.68. The number of anilines is 1. The summed E-state index contributed by atoms with van der Waals surface area (Å²) in [4.78, 5) is 8.76. The number of hydrogen-bond acceptors (Lipinski definition) is 3. The molecule has 0 saturated carbocycles. The molecular weight excluding hydrogens is 279 g/mol. The Bertz CT molecular complexity index is 976. The number of aromatic nitrogens is 3. The molecule has 0 aliphatic heterocycles. The molecule has 0 atom stereocenters. The first-order valence-electron chi connectivity index (χ1n) is 6.98. The van der Waals surface area contributed by atoms with Crippen LogP contribution in [0, 0.1) is 5.82 Å². The van der Waals surface area contributed by atoms with Gasteiger partial charge >= 0.3 is 0 Å². The van der Waals surface area contributed by atoms with Gasteiger partial charge in [-0.05, 0) is 17.7 Å². The largest absolute Gasteiger partial charge is 0.369 e. The Labute approximate surface area is 126 Å². The number of nitrogen functional groups attached to an aromatic ring is 1. The van der Waals surface area contributed by atoms with Gasteiger partial charge in [0.25, 0.3) is 0 Å². The summed E-state index contributed by atoms with van der Waals surface area (Å²) in [5.41, 5.74) is 8.86. The molecule has 0 aliphatic rings. The summed E-state index contributed by atoms with van der Waals surface area (Å²) in [6.45, 7) is 0. The lowest BCUT2D eigenvalue weighted by Gasteiger charge is -2.03. The van der Waals surface area contributed by atoms with Crippen LogP contribution in [0.5, 0.6) is 0 Å². The van der Waals surface area contributed by atoms with Crippen LogP contribution in [0.25, 0.3) is 16.6 Å².